The van der Waals surface area contributed by atoms with Crippen LogP contribution in [0.5, 0.6) is 0 Å². The lowest BCUT2D eigenvalue weighted by Crippen LogP contribution is -2.63. The van der Waals surface area contributed by atoms with Gasteiger partial charge in [-0.15, -0.1) is 0 Å². The minimum atomic E-state index is -1.19. The Morgan fingerprint density at radius 2 is 2.00 bits per heavy atom. The van der Waals surface area contributed by atoms with Crippen LogP contribution in [0, 0.1) is 16.7 Å². The normalized spacial score (nSPS) is 40.0. The SMILES string of the molecule is CC(C)(C)OC(=O)NC(CS(=O)C(C)(C)C)C1(N2[C@H](C#N)CC34CCC23C4)CO1. The predicted molar refractivity (Wildman–Crippen MR) is 109 cm³/mol. The third-order valence-electron chi connectivity index (χ3n) is 7.10. The van der Waals surface area contributed by atoms with Crippen molar-refractivity contribution in [1.29, 1.82) is 5.26 Å². The lowest BCUT2D eigenvalue weighted by Gasteiger charge is -2.43. The maximum atomic E-state index is 13.0. The molecule has 4 aliphatic rings. The summed E-state index contributed by atoms with van der Waals surface area (Å²) < 4.78 is 24.1. The summed E-state index contributed by atoms with van der Waals surface area (Å²) in [7, 11) is -1.19. The van der Waals surface area contributed by atoms with Gasteiger partial charge in [0, 0.05) is 26.8 Å². The van der Waals surface area contributed by atoms with E-state index >= 15 is 0 Å². The van der Waals surface area contributed by atoms with Crippen LogP contribution in [0.2, 0.25) is 0 Å². The zero-order chi connectivity index (χ0) is 21.5. The van der Waals surface area contributed by atoms with Crippen LogP contribution in [-0.4, -0.2) is 61.3 Å². The number of carbonyl (C=O) groups excluding carboxylic acids is 1. The zero-order valence-electron chi connectivity index (χ0n) is 18.3. The number of hydrogen-bond donors (Lipinski definition) is 1. The smallest absolute Gasteiger partial charge is 0.408 e. The summed E-state index contributed by atoms with van der Waals surface area (Å²) in [4.78, 5) is 14.9. The predicted octanol–water partition coefficient (Wildman–Crippen LogP) is 2.67. The molecule has 2 saturated heterocycles. The highest BCUT2D eigenvalue weighted by atomic mass is 32.2. The van der Waals surface area contributed by atoms with E-state index in [2.05, 4.69) is 16.3 Å². The van der Waals surface area contributed by atoms with Crippen LogP contribution in [0.25, 0.3) is 0 Å². The molecule has 5 unspecified atom stereocenters. The van der Waals surface area contributed by atoms with Crippen molar-refractivity contribution in [2.45, 2.75) is 101 Å². The first-order chi connectivity index (χ1) is 13.3. The Bertz CT molecular complexity index is 791. The highest BCUT2D eigenvalue weighted by Crippen LogP contribution is 2.81. The molecule has 4 fully saturated rings. The van der Waals surface area contributed by atoms with Crippen molar-refractivity contribution in [3.05, 3.63) is 0 Å². The number of nitrogens with zero attached hydrogens (tertiary/aromatic N) is 2. The van der Waals surface area contributed by atoms with Crippen molar-refractivity contribution in [2.24, 2.45) is 5.41 Å². The summed E-state index contributed by atoms with van der Waals surface area (Å²) >= 11 is 0. The van der Waals surface area contributed by atoms with E-state index in [1.165, 1.54) is 0 Å². The Kier molecular flexibility index (Phi) is 4.49. The van der Waals surface area contributed by atoms with Gasteiger partial charge in [-0.2, -0.15) is 5.26 Å². The van der Waals surface area contributed by atoms with Crippen LogP contribution in [0.3, 0.4) is 0 Å². The van der Waals surface area contributed by atoms with Crippen molar-refractivity contribution >= 4 is 16.9 Å². The summed E-state index contributed by atoms with van der Waals surface area (Å²) in [6, 6.07) is 1.74. The van der Waals surface area contributed by atoms with Gasteiger partial charge in [0.15, 0.2) is 5.72 Å². The fourth-order valence-corrected chi connectivity index (χ4v) is 6.64. The second-order valence-electron chi connectivity index (χ2n) is 11.2. The molecule has 2 aliphatic carbocycles. The molecule has 7 nitrogen and oxygen atoms in total. The Labute approximate surface area is 175 Å². The Morgan fingerprint density at radius 3 is 2.45 bits per heavy atom. The minimum Gasteiger partial charge on any atom is -0.444 e. The average Bonchev–Trinajstić information content (AvgIpc) is 3.44. The van der Waals surface area contributed by atoms with Crippen LogP contribution in [0.4, 0.5) is 4.79 Å². The fraction of sp³-hybridized carbons (Fsp3) is 0.905. The highest BCUT2D eigenvalue weighted by molar-refractivity contribution is 7.86. The van der Waals surface area contributed by atoms with Crippen LogP contribution >= 0.6 is 0 Å². The van der Waals surface area contributed by atoms with E-state index in [0.717, 1.165) is 25.7 Å². The molecule has 0 aromatic carbocycles. The quantitative estimate of drug-likeness (QED) is 0.683. The zero-order valence-corrected chi connectivity index (χ0v) is 19.1. The van der Waals surface area contributed by atoms with Crippen LogP contribution < -0.4 is 5.32 Å². The van der Waals surface area contributed by atoms with Crippen LogP contribution in [0.1, 0.15) is 67.2 Å². The molecule has 8 heteroatoms. The first-order valence-electron chi connectivity index (χ1n) is 10.5. The number of epoxide rings is 1. The largest absolute Gasteiger partial charge is 0.444 e. The van der Waals surface area contributed by atoms with Gasteiger partial charge < -0.3 is 14.8 Å². The van der Waals surface area contributed by atoms with Crippen molar-refractivity contribution < 1.29 is 18.5 Å². The minimum absolute atomic E-state index is 0.0288. The molecule has 4 rings (SSSR count). The number of alkyl carbamates (subject to hydrolysis) is 1. The van der Waals surface area contributed by atoms with E-state index in [0.29, 0.717) is 6.61 Å². The van der Waals surface area contributed by atoms with Gasteiger partial charge in [0.1, 0.15) is 11.6 Å². The van der Waals surface area contributed by atoms with E-state index in [9.17, 15) is 14.3 Å². The number of carbonyl (C=O) groups is 1. The molecule has 2 aliphatic heterocycles. The topological polar surface area (TPSA) is 95.0 Å². The van der Waals surface area contributed by atoms with Crippen LogP contribution in [-0.2, 0) is 20.3 Å². The molecule has 0 aromatic rings. The summed E-state index contributed by atoms with van der Waals surface area (Å²) in [6.45, 7) is 11.7. The third-order valence-corrected chi connectivity index (χ3v) is 9.10. The molecule has 2 heterocycles. The second kappa shape index (κ2) is 6.18. The maximum absolute atomic E-state index is 13.0. The van der Waals surface area contributed by atoms with E-state index in [4.69, 9.17) is 9.47 Å². The molecule has 0 bridgehead atoms. The standard InChI is InChI=1S/C21H33N3O4S/c1-17(2,3)28-16(25)23-15(11-29(26)18(4,5)6)21(13-27-21)24-14(10-22)9-19-7-8-20(19,24)12-19/h14-15H,7-9,11-13H2,1-6H3,(H,23,25)/t14-,15?,19?,20?,21?,29?/m0/s1. The Hall–Kier alpha value is -1.17. The van der Waals surface area contributed by atoms with Gasteiger partial charge in [0.05, 0.1) is 18.7 Å². The van der Waals surface area contributed by atoms with Crippen molar-refractivity contribution in [3.63, 3.8) is 0 Å². The number of nitrogens with one attached hydrogen (secondary N) is 1. The molecule has 29 heavy (non-hydrogen) atoms. The molecule has 6 atom stereocenters. The summed E-state index contributed by atoms with van der Waals surface area (Å²) in [5.41, 5.74) is -1.11. The number of hydrogen-bond acceptors (Lipinski definition) is 6. The lowest BCUT2D eigenvalue weighted by atomic mass is 9.79. The van der Waals surface area contributed by atoms with Gasteiger partial charge in [-0.25, -0.2) is 9.69 Å². The first kappa shape index (κ1) is 21.1. The van der Waals surface area contributed by atoms with Gasteiger partial charge in [0.2, 0.25) is 0 Å². The molecule has 1 N–H and O–H groups in total. The van der Waals surface area contributed by atoms with E-state index in [-0.39, 0.29) is 22.7 Å². The monoisotopic (exact) mass is 423 g/mol. The van der Waals surface area contributed by atoms with Gasteiger partial charge in [-0.3, -0.25) is 4.21 Å². The number of piperidine rings is 1. The Balaban J connectivity index is 1.61. The van der Waals surface area contributed by atoms with E-state index in [1.54, 1.807) is 0 Å². The lowest BCUT2D eigenvalue weighted by molar-refractivity contribution is -0.0211. The van der Waals surface area contributed by atoms with Crippen molar-refractivity contribution in [3.8, 4) is 6.07 Å². The third kappa shape index (κ3) is 3.21. The number of nitriles is 1. The summed E-state index contributed by atoms with van der Waals surface area (Å²) in [5.74, 6) is 0.264. The molecular formula is C21H33N3O4S. The number of amides is 1. The first-order valence-corrected chi connectivity index (χ1v) is 11.8. The molecule has 0 aromatic heterocycles. The van der Waals surface area contributed by atoms with E-state index < -0.39 is 39.0 Å². The molecule has 1 amide bonds. The van der Waals surface area contributed by atoms with Crippen molar-refractivity contribution in [2.75, 3.05) is 12.4 Å². The van der Waals surface area contributed by atoms with Gasteiger partial charge in [-0.05, 0) is 72.6 Å². The second-order valence-corrected chi connectivity index (χ2v) is 13.4. The molecule has 0 spiro atoms. The van der Waals surface area contributed by atoms with Gasteiger partial charge in [-0.1, -0.05) is 0 Å². The van der Waals surface area contributed by atoms with Gasteiger partial charge >= 0.3 is 6.09 Å². The number of rotatable bonds is 5. The number of likely N-dealkylation sites (tertiary alicyclic amines) is 1. The van der Waals surface area contributed by atoms with Crippen molar-refractivity contribution in [1.82, 2.24) is 10.2 Å². The van der Waals surface area contributed by atoms with Crippen LogP contribution in [0.15, 0.2) is 0 Å². The van der Waals surface area contributed by atoms with Gasteiger partial charge in [0.25, 0.3) is 0 Å². The number of ether oxygens (including phenoxy) is 2. The van der Waals surface area contributed by atoms with E-state index in [1.807, 2.05) is 41.5 Å². The molecule has 2 saturated carbocycles. The molecular weight excluding hydrogens is 390 g/mol. The summed E-state index contributed by atoms with van der Waals surface area (Å²) in [6.07, 6.45) is 3.67. The maximum Gasteiger partial charge on any atom is 0.408 e. The summed E-state index contributed by atoms with van der Waals surface area (Å²) in [5, 5.41) is 12.8. The highest BCUT2D eigenvalue weighted by Gasteiger charge is 2.85. The molecule has 162 valence electrons. The Morgan fingerprint density at radius 1 is 1.34 bits per heavy atom. The molecule has 0 radical (unpaired) electrons. The average molecular weight is 424 g/mol. The fourth-order valence-electron chi connectivity index (χ4n) is 5.49.